The van der Waals surface area contributed by atoms with Crippen molar-refractivity contribution < 1.29 is 4.79 Å². The van der Waals surface area contributed by atoms with E-state index in [0.717, 1.165) is 25.1 Å². The number of likely N-dealkylation sites (tertiary alicyclic amines) is 1. The lowest BCUT2D eigenvalue weighted by Gasteiger charge is -2.37. The summed E-state index contributed by atoms with van der Waals surface area (Å²) in [6, 6.07) is 0.167. The average molecular weight is 273 g/mol. The summed E-state index contributed by atoms with van der Waals surface area (Å²) in [7, 11) is 0. The van der Waals surface area contributed by atoms with Crippen molar-refractivity contribution in [2.24, 2.45) is 11.7 Å². The zero-order valence-electron chi connectivity index (χ0n) is 10.8. The second kappa shape index (κ2) is 6.20. The standard InChI is InChI=1S/C12H20N4O.ClH/c1-8-3-4-16(10(5-8)6-13)12(17)11-7-14-15-9(11)2;/h7-8,10H,3-6,13H2,1-2H3,(H,14,15);1H. The molecule has 18 heavy (non-hydrogen) atoms. The van der Waals surface area contributed by atoms with Gasteiger partial charge in [-0.1, -0.05) is 6.92 Å². The van der Waals surface area contributed by atoms with Crippen LogP contribution < -0.4 is 5.73 Å². The molecule has 0 spiro atoms. The van der Waals surface area contributed by atoms with Crippen LogP contribution in [0.25, 0.3) is 0 Å². The van der Waals surface area contributed by atoms with Gasteiger partial charge in [-0.05, 0) is 25.7 Å². The van der Waals surface area contributed by atoms with E-state index in [-0.39, 0.29) is 24.4 Å². The molecule has 0 aromatic carbocycles. The molecule has 2 heterocycles. The Hall–Kier alpha value is -1.07. The van der Waals surface area contributed by atoms with Crippen molar-refractivity contribution in [1.29, 1.82) is 0 Å². The van der Waals surface area contributed by atoms with Crippen LogP contribution >= 0.6 is 12.4 Å². The Morgan fingerprint density at radius 3 is 2.94 bits per heavy atom. The Morgan fingerprint density at radius 1 is 1.67 bits per heavy atom. The van der Waals surface area contributed by atoms with E-state index >= 15 is 0 Å². The van der Waals surface area contributed by atoms with Crippen LogP contribution in [0, 0.1) is 12.8 Å². The molecule has 1 aliphatic rings. The first-order valence-corrected chi connectivity index (χ1v) is 6.14. The van der Waals surface area contributed by atoms with Crippen molar-refractivity contribution in [3.63, 3.8) is 0 Å². The van der Waals surface area contributed by atoms with E-state index in [1.807, 2.05) is 11.8 Å². The fraction of sp³-hybridized carbons (Fsp3) is 0.667. The van der Waals surface area contributed by atoms with Crippen LogP contribution in [0.5, 0.6) is 0 Å². The van der Waals surface area contributed by atoms with Gasteiger partial charge in [-0.25, -0.2) is 0 Å². The number of aromatic nitrogens is 2. The van der Waals surface area contributed by atoms with Crippen LogP contribution in [-0.2, 0) is 0 Å². The van der Waals surface area contributed by atoms with Crippen molar-refractivity contribution in [2.45, 2.75) is 32.7 Å². The Kier molecular flexibility index (Phi) is 5.16. The highest BCUT2D eigenvalue weighted by molar-refractivity contribution is 5.95. The molecule has 3 N–H and O–H groups in total. The maximum atomic E-state index is 12.4. The summed E-state index contributed by atoms with van der Waals surface area (Å²) in [5.74, 6) is 0.705. The van der Waals surface area contributed by atoms with E-state index in [9.17, 15) is 4.79 Å². The first-order valence-electron chi connectivity index (χ1n) is 6.14. The minimum Gasteiger partial charge on any atom is -0.334 e. The van der Waals surface area contributed by atoms with Gasteiger partial charge in [0.15, 0.2) is 0 Å². The number of rotatable bonds is 2. The van der Waals surface area contributed by atoms with Crippen LogP contribution in [0.3, 0.4) is 0 Å². The average Bonchev–Trinajstić information content (AvgIpc) is 2.74. The SMILES string of the molecule is Cc1[nH]ncc1C(=O)N1CCC(C)CC1CN.Cl. The zero-order chi connectivity index (χ0) is 12.4. The Balaban J connectivity index is 0.00000162. The Morgan fingerprint density at radius 2 is 2.39 bits per heavy atom. The van der Waals surface area contributed by atoms with Crippen LogP contribution in [0.4, 0.5) is 0 Å². The van der Waals surface area contributed by atoms with Gasteiger partial charge in [-0.3, -0.25) is 9.89 Å². The quantitative estimate of drug-likeness (QED) is 0.853. The lowest BCUT2D eigenvalue weighted by atomic mass is 9.92. The summed E-state index contributed by atoms with van der Waals surface area (Å²) >= 11 is 0. The van der Waals surface area contributed by atoms with Crippen LogP contribution in [0.1, 0.15) is 35.8 Å². The van der Waals surface area contributed by atoms with Crippen molar-refractivity contribution >= 4 is 18.3 Å². The van der Waals surface area contributed by atoms with Crippen LogP contribution in [-0.4, -0.2) is 40.1 Å². The fourth-order valence-corrected chi connectivity index (χ4v) is 2.46. The molecule has 6 heteroatoms. The number of aryl methyl sites for hydroxylation is 1. The smallest absolute Gasteiger partial charge is 0.257 e. The molecular weight excluding hydrogens is 252 g/mol. The number of amides is 1. The molecule has 0 aliphatic carbocycles. The second-order valence-corrected chi connectivity index (χ2v) is 4.93. The molecule has 2 atom stereocenters. The largest absolute Gasteiger partial charge is 0.334 e. The number of piperidine rings is 1. The third-order valence-electron chi connectivity index (χ3n) is 3.57. The number of carbonyl (C=O) groups excluding carboxylic acids is 1. The minimum absolute atomic E-state index is 0. The van der Waals surface area contributed by atoms with Crippen molar-refractivity contribution in [3.8, 4) is 0 Å². The molecule has 2 unspecified atom stereocenters. The van der Waals surface area contributed by atoms with Crippen LogP contribution in [0.2, 0.25) is 0 Å². The lowest BCUT2D eigenvalue weighted by Crippen LogP contribution is -2.49. The topological polar surface area (TPSA) is 75.0 Å². The molecule has 0 saturated carbocycles. The van der Waals surface area contributed by atoms with Gasteiger partial charge >= 0.3 is 0 Å². The van der Waals surface area contributed by atoms with Gasteiger partial charge in [-0.2, -0.15) is 5.10 Å². The maximum absolute atomic E-state index is 12.4. The lowest BCUT2D eigenvalue weighted by molar-refractivity contribution is 0.0573. The number of hydrogen-bond acceptors (Lipinski definition) is 3. The minimum atomic E-state index is 0. The van der Waals surface area contributed by atoms with Crippen LogP contribution in [0.15, 0.2) is 6.20 Å². The summed E-state index contributed by atoms with van der Waals surface area (Å²) in [6.07, 6.45) is 3.65. The molecule has 2 rings (SSSR count). The number of nitrogens with two attached hydrogens (primary N) is 1. The number of nitrogens with zero attached hydrogens (tertiary/aromatic N) is 2. The fourth-order valence-electron chi connectivity index (χ4n) is 2.46. The first-order chi connectivity index (χ1) is 8.13. The maximum Gasteiger partial charge on any atom is 0.257 e. The molecule has 0 bridgehead atoms. The highest BCUT2D eigenvalue weighted by Gasteiger charge is 2.30. The predicted octanol–water partition coefficient (Wildman–Crippen LogP) is 1.34. The molecule has 1 aromatic heterocycles. The van der Waals surface area contributed by atoms with E-state index in [4.69, 9.17) is 5.73 Å². The number of halogens is 1. The molecule has 1 aliphatic heterocycles. The monoisotopic (exact) mass is 272 g/mol. The summed E-state index contributed by atoms with van der Waals surface area (Å²) in [5, 5.41) is 6.70. The highest BCUT2D eigenvalue weighted by Crippen LogP contribution is 2.23. The number of carbonyl (C=O) groups is 1. The van der Waals surface area contributed by atoms with Gasteiger partial charge < -0.3 is 10.6 Å². The highest BCUT2D eigenvalue weighted by atomic mass is 35.5. The Bertz CT molecular complexity index is 407. The molecule has 102 valence electrons. The summed E-state index contributed by atoms with van der Waals surface area (Å²) in [6.45, 7) is 5.41. The van der Waals surface area contributed by atoms with Gasteiger partial charge in [0, 0.05) is 24.8 Å². The molecular formula is C12H21ClN4O. The third-order valence-corrected chi connectivity index (χ3v) is 3.57. The Labute approximate surface area is 114 Å². The summed E-state index contributed by atoms with van der Waals surface area (Å²) < 4.78 is 0. The zero-order valence-corrected chi connectivity index (χ0v) is 11.7. The summed E-state index contributed by atoms with van der Waals surface area (Å²) in [4.78, 5) is 14.3. The van der Waals surface area contributed by atoms with Crippen molar-refractivity contribution in [3.05, 3.63) is 17.5 Å². The van der Waals surface area contributed by atoms with Gasteiger partial charge in [0.25, 0.3) is 5.91 Å². The molecule has 1 amide bonds. The molecule has 5 nitrogen and oxygen atoms in total. The van der Waals surface area contributed by atoms with Gasteiger partial charge in [0.05, 0.1) is 11.8 Å². The van der Waals surface area contributed by atoms with Gasteiger partial charge in [0.1, 0.15) is 0 Å². The number of hydrogen-bond donors (Lipinski definition) is 2. The van der Waals surface area contributed by atoms with Crippen molar-refractivity contribution in [2.75, 3.05) is 13.1 Å². The number of H-pyrrole nitrogens is 1. The predicted molar refractivity (Wildman–Crippen MR) is 72.8 cm³/mol. The van der Waals surface area contributed by atoms with Gasteiger partial charge in [-0.15, -0.1) is 12.4 Å². The number of aromatic amines is 1. The molecule has 1 aromatic rings. The normalized spacial score (nSPS) is 23.6. The molecule has 0 radical (unpaired) electrons. The van der Waals surface area contributed by atoms with E-state index in [1.54, 1.807) is 6.20 Å². The first kappa shape index (κ1) is 15.0. The van der Waals surface area contributed by atoms with Crippen molar-refractivity contribution in [1.82, 2.24) is 15.1 Å². The third kappa shape index (κ3) is 2.84. The van der Waals surface area contributed by atoms with E-state index in [2.05, 4.69) is 17.1 Å². The molecule has 1 saturated heterocycles. The molecule has 1 fully saturated rings. The summed E-state index contributed by atoms with van der Waals surface area (Å²) in [5.41, 5.74) is 7.26. The van der Waals surface area contributed by atoms with Gasteiger partial charge in [0.2, 0.25) is 0 Å². The van der Waals surface area contributed by atoms with E-state index < -0.39 is 0 Å². The second-order valence-electron chi connectivity index (χ2n) is 4.93. The van der Waals surface area contributed by atoms with E-state index in [1.165, 1.54) is 0 Å². The van der Waals surface area contributed by atoms with E-state index in [0.29, 0.717) is 18.0 Å². The number of nitrogens with one attached hydrogen (secondary N) is 1.